The van der Waals surface area contributed by atoms with Crippen LogP contribution in [0.25, 0.3) is 0 Å². The standard InChI is InChI=1S/C17H24FN3O3/c1-20(2)11-13-9-12(6-7-14(13)18)10-19-16(22)15-5-4-8-21(15)17(23)24-3/h6-7,9,15H,4-5,8,10-11H2,1-3H3,(H,19,22)/t15-/m0/s1. The average Bonchev–Trinajstić information content (AvgIpc) is 3.03. The van der Waals surface area contributed by atoms with Crippen molar-refractivity contribution in [2.45, 2.75) is 32.0 Å². The van der Waals surface area contributed by atoms with E-state index in [1.165, 1.54) is 18.1 Å². The third kappa shape index (κ3) is 4.44. The van der Waals surface area contributed by atoms with Crippen LogP contribution in [0.3, 0.4) is 0 Å². The molecular weight excluding hydrogens is 313 g/mol. The predicted molar refractivity (Wildman–Crippen MR) is 87.8 cm³/mol. The van der Waals surface area contributed by atoms with Gasteiger partial charge in [-0.3, -0.25) is 9.69 Å². The van der Waals surface area contributed by atoms with Crippen LogP contribution < -0.4 is 5.32 Å². The molecule has 1 aliphatic heterocycles. The number of hydrogen-bond acceptors (Lipinski definition) is 4. The van der Waals surface area contributed by atoms with Gasteiger partial charge < -0.3 is 15.0 Å². The van der Waals surface area contributed by atoms with Gasteiger partial charge in [0.1, 0.15) is 11.9 Å². The van der Waals surface area contributed by atoms with Crippen LogP contribution in [0.2, 0.25) is 0 Å². The Kier molecular flexibility index (Phi) is 6.14. The van der Waals surface area contributed by atoms with Gasteiger partial charge in [0.25, 0.3) is 0 Å². The lowest BCUT2D eigenvalue weighted by atomic mass is 10.1. The van der Waals surface area contributed by atoms with Crippen molar-refractivity contribution < 1.29 is 18.7 Å². The molecule has 2 amide bonds. The highest BCUT2D eigenvalue weighted by Crippen LogP contribution is 2.18. The van der Waals surface area contributed by atoms with Gasteiger partial charge in [0.05, 0.1) is 7.11 Å². The van der Waals surface area contributed by atoms with Crippen LogP contribution in [0.5, 0.6) is 0 Å². The lowest BCUT2D eigenvalue weighted by Gasteiger charge is -2.22. The molecule has 1 aliphatic rings. The van der Waals surface area contributed by atoms with Crippen molar-refractivity contribution >= 4 is 12.0 Å². The van der Waals surface area contributed by atoms with Crippen LogP contribution in [0.15, 0.2) is 18.2 Å². The molecule has 132 valence electrons. The van der Waals surface area contributed by atoms with Crippen molar-refractivity contribution in [3.63, 3.8) is 0 Å². The van der Waals surface area contributed by atoms with E-state index in [-0.39, 0.29) is 11.7 Å². The van der Waals surface area contributed by atoms with Gasteiger partial charge in [0, 0.05) is 25.2 Å². The van der Waals surface area contributed by atoms with Gasteiger partial charge in [-0.2, -0.15) is 0 Å². The van der Waals surface area contributed by atoms with Crippen LogP contribution in [0.4, 0.5) is 9.18 Å². The molecule has 0 aromatic heterocycles. The number of carbonyl (C=O) groups is 2. The van der Waals surface area contributed by atoms with Crippen LogP contribution in [-0.4, -0.2) is 55.6 Å². The van der Waals surface area contributed by atoms with Gasteiger partial charge in [0.2, 0.25) is 5.91 Å². The first-order chi connectivity index (χ1) is 11.4. The van der Waals surface area contributed by atoms with Gasteiger partial charge in [-0.1, -0.05) is 6.07 Å². The van der Waals surface area contributed by atoms with E-state index in [0.717, 1.165) is 12.0 Å². The first-order valence-electron chi connectivity index (χ1n) is 7.96. The van der Waals surface area contributed by atoms with Crippen LogP contribution in [0.1, 0.15) is 24.0 Å². The first-order valence-corrected chi connectivity index (χ1v) is 7.96. The van der Waals surface area contributed by atoms with Crippen molar-refractivity contribution in [1.82, 2.24) is 15.1 Å². The Morgan fingerprint density at radius 2 is 2.17 bits per heavy atom. The van der Waals surface area contributed by atoms with Crippen LogP contribution in [0, 0.1) is 5.82 Å². The van der Waals surface area contributed by atoms with Crippen molar-refractivity contribution in [3.05, 3.63) is 35.1 Å². The van der Waals surface area contributed by atoms with Gasteiger partial charge in [-0.25, -0.2) is 9.18 Å². The van der Waals surface area contributed by atoms with Crippen LogP contribution in [-0.2, 0) is 22.6 Å². The highest BCUT2D eigenvalue weighted by molar-refractivity contribution is 5.86. The number of rotatable bonds is 5. The van der Waals surface area contributed by atoms with Gasteiger partial charge >= 0.3 is 6.09 Å². The Hall–Kier alpha value is -2.15. The third-order valence-corrected chi connectivity index (χ3v) is 4.03. The van der Waals surface area contributed by atoms with Crippen molar-refractivity contribution in [1.29, 1.82) is 0 Å². The molecule has 0 aliphatic carbocycles. The van der Waals surface area contributed by atoms with E-state index >= 15 is 0 Å². The zero-order chi connectivity index (χ0) is 17.7. The molecule has 0 unspecified atom stereocenters. The van der Waals surface area contributed by atoms with E-state index in [0.29, 0.717) is 31.6 Å². The summed E-state index contributed by atoms with van der Waals surface area (Å²) < 4.78 is 18.5. The number of hydrogen-bond donors (Lipinski definition) is 1. The fourth-order valence-corrected chi connectivity index (χ4v) is 2.88. The maximum Gasteiger partial charge on any atom is 0.410 e. The number of halogens is 1. The number of nitrogens with one attached hydrogen (secondary N) is 1. The number of likely N-dealkylation sites (tertiary alicyclic amines) is 1. The van der Waals surface area contributed by atoms with Gasteiger partial charge in [-0.05, 0) is 44.6 Å². The lowest BCUT2D eigenvalue weighted by molar-refractivity contribution is -0.125. The smallest absolute Gasteiger partial charge is 0.410 e. The fraction of sp³-hybridized carbons (Fsp3) is 0.529. The number of ether oxygens (including phenoxy) is 1. The van der Waals surface area contributed by atoms with E-state index < -0.39 is 12.1 Å². The number of carbonyl (C=O) groups excluding carboxylic acids is 2. The largest absolute Gasteiger partial charge is 0.453 e. The highest BCUT2D eigenvalue weighted by atomic mass is 19.1. The average molecular weight is 337 g/mol. The van der Waals surface area contributed by atoms with Crippen LogP contribution >= 0.6 is 0 Å². The van der Waals surface area contributed by atoms with Crippen molar-refractivity contribution in [3.8, 4) is 0 Å². The molecule has 6 nitrogen and oxygen atoms in total. The van der Waals surface area contributed by atoms with E-state index in [1.54, 1.807) is 12.1 Å². The molecule has 1 fully saturated rings. The van der Waals surface area contributed by atoms with E-state index in [1.807, 2.05) is 19.0 Å². The van der Waals surface area contributed by atoms with Crippen molar-refractivity contribution in [2.24, 2.45) is 0 Å². The molecule has 0 bridgehead atoms. The zero-order valence-corrected chi connectivity index (χ0v) is 14.3. The topological polar surface area (TPSA) is 61.9 Å². The zero-order valence-electron chi connectivity index (χ0n) is 14.3. The molecule has 1 heterocycles. The molecule has 1 aromatic rings. The third-order valence-electron chi connectivity index (χ3n) is 4.03. The molecule has 0 radical (unpaired) electrons. The predicted octanol–water partition coefficient (Wildman–Crippen LogP) is 1.73. The minimum atomic E-state index is -0.501. The summed E-state index contributed by atoms with van der Waals surface area (Å²) in [7, 11) is 5.05. The maximum absolute atomic E-state index is 13.8. The molecule has 7 heteroatoms. The number of methoxy groups -OCH3 is 1. The molecule has 0 spiro atoms. The Bertz CT molecular complexity index is 607. The summed E-state index contributed by atoms with van der Waals surface area (Å²) in [4.78, 5) is 27.3. The number of benzene rings is 1. The Labute approximate surface area is 141 Å². The summed E-state index contributed by atoms with van der Waals surface area (Å²) in [6.45, 7) is 1.31. The Morgan fingerprint density at radius 1 is 1.42 bits per heavy atom. The highest BCUT2D eigenvalue weighted by Gasteiger charge is 2.34. The molecular formula is C17H24FN3O3. The quantitative estimate of drug-likeness (QED) is 0.889. The summed E-state index contributed by atoms with van der Waals surface area (Å²) in [5.41, 5.74) is 1.41. The summed E-state index contributed by atoms with van der Waals surface area (Å²) in [5.74, 6) is -0.470. The summed E-state index contributed by atoms with van der Waals surface area (Å²) in [6.07, 6.45) is 0.912. The second-order valence-electron chi connectivity index (χ2n) is 6.20. The minimum absolute atomic E-state index is 0.212. The molecule has 2 rings (SSSR count). The Morgan fingerprint density at radius 3 is 2.83 bits per heavy atom. The van der Waals surface area contributed by atoms with E-state index in [2.05, 4.69) is 5.32 Å². The fourth-order valence-electron chi connectivity index (χ4n) is 2.88. The van der Waals surface area contributed by atoms with Gasteiger partial charge in [0.15, 0.2) is 0 Å². The number of nitrogens with zero attached hydrogens (tertiary/aromatic N) is 2. The normalized spacial score (nSPS) is 17.2. The molecule has 1 atom stereocenters. The maximum atomic E-state index is 13.8. The molecule has 1 aromatic carbocycles. The second-order valence-corrected chi connectivity index (χ2v) is 6.20. The second kappa shape index (κ2) is 8.10. The number of amides is 2. The molecule has 1 N–H and O–H groups in total. The summed E-state index contributed by atoms with van der Waals surface area (Å²) in [6, 6.07) is 4.32. The molecule has 0 saturated carbocycles. The SMILES string of the molecule is COC(=O)N1CCC[C@H]1C(=O)NCc1ccc(F)c(CN(C)C)c1. The minimum Gasteiger partial charge on any atom is -0.453 e. The monoisotopic (exact) mass is 337 g/mol. The van der Waals surface area contributed by atoms with E-state index in [9.17, 15) is 14.0 Å². The Balaban J connectivity index is 1.97. The summed E-state index contributed by atoms with van der Waals surface area (Å²) in [5, 5.41) is 2.83. The summed E-state index contributed by atoms with van der Waals surface area (Å²) >= 11 is 0. The molecule has 24 heavy (non-hydrogen) atoms. The first kappa shape index (κ1) is 18.2. The van der Waals surface area contributed by atoms with Crippen molar-refractivity contribution in [2.75, 3.05) is 27.7 Å². The lowest BCUT2D eigenvalue weighted by Crippen LogP contribution is -2.45. The van der Waals surface area contributed by atoms with E-state index in [4.69, 9.17) is 4.74 Å². The van der Waals surface area contributed by atoms with Gasteiger partial charge in [-0.15, -0.1) is 0 Å². The molecule has 1 saturated heterocycles.